The standard InChI is InChI=1S/C15H18O/c1-8-6-7-13-11(4)9(2)10(3)12(5)14(13)15(8)16/h6-7,16H,1-5H3. The Morgan fingerprint density at radius 1 is 0.750 bits per heavy atom. The summed E-state index contributed by atoms with van der Waals surface area (Å²) in [4.78, 5) is 0. The molecule has 0 aromatic heterocycles. The number of phenolic OH excluding ortho intramolecular Hbond substituents is 1. The van der Waals surface area contributed by atoms with Gasteiger partial charge in [0, 0.05) is 5.39 Å². The highest BCUT2D eigenvalue weighted by molar-refractivity contribution is 5.96. The molecule has 0 heterocycles. The molecule has 2 rings (SSSR count). The lowest BCUT2D eigenvalue weighted by Crippen LogP contribution is -1.94. The summed E-state index contributed by atoms with van der Waals surface area (Å²) < 4.78 is 0. The first kappa shape index (κ1) is 11.0. The molecule has 0 unspecified atom stereocenters. The van der Waals surface area contributed by atoms with Gasteiger partial charge in [0.15, 0.2) is 0 Å². The molecule has 2 aromatic rings. The smallest absolute Gasteiger partial charge is 0.126 e. The van der Waals surface area contributed by atoms with Crippen molar-refractivity contribution in [1.82, 2.24) is 0 Å². The maximum Gasteiger partial charge on any atom is 0.126 e. The third-order valence-electron chi connectivity index (χ3n) is 3.85. The monoisotopic (exact) mass is 214 g/mol. The van der Waals surface area contributed by atoms with Crippen LogP contribution >= 0.6 is 0 Å². The number of hydrogen-bond donors (Lipinski definition) is 1. The van der Waals surface area contributed by atoms with Crippen LogP contribution in [0.5, 0.6) is 5.75 Å². The highest BCUT2D eigenvalue weighted by atomic mass is 16.3. The van der Waals surface area contributed by atoms with E-state index in [2.05, 4.69) is 33.8 Å². The summed E-state index contributed by atoms with van der Waals surface area (Å²) in [6.45, 7) is 10.4. The van der Waals surface area contributed by atoms with Crippen molar-refractivity contribution in [3.8, 4) is 5.75 Å². The second-order valence-corrected chi connectivity index (χ2v) is 4.65. The van der Waals surface area contributed by atoms with Crippen LogP contribution in [-0.4, -0.2) is 5.11 Å². The van der Waals surface area contributed by atoms with Gasteiger partial charge in [0.1, 0.15) is 5.75 Å². The summed E-state index contributed by atoms with van der Waals surface area (Å²) in [5, 5.41) is 12.4. The van der Waals surface area contributed by atoms with Crippen LogP contribution in [0.15, 0.2) is 12.1 Å². The molecule has 0 fully saturated rings. The van der Waals surface area contributed by atoms with E-state index in [9.17, 15) is 5.11 Å². The van der Waals surface area contributed by atoms with Gasteiger partial charge in [0.25, 0.3) is 0 Å². The fraction of sp³-hybridized carbons (Fsp3) is 0.333. The molecule has 0 bridgehead atoms. The Morgan fingerprint density at radius 2 is 1.31 bits per heavy atom. The molecule has 1 N–H and O–H groups in total. The molecule has 0 radical (unpaired) electrons. The Kier molecular flexibility index (Phi) is 2.42. The predicted molar refractivity (Wildman–Crippen MR) is 69.3 cm³/mol. The van der Waals surface area contributed by atoms with Gasteiger partial charge in [-0.25, -0.2) is 0 Å². The SMILES string of the molecule is Cc1ccc2c(C)c(C)c(C)c(C)c2c1O. The van der Waals surface area contributed by atoms with Crippen LogP contribution < -0.4 is 0 Å². The van der Waals surface area contributed by atoms with Gasteiger partial charge in [0.2, 0.25) is 0 Å². The molecule has 1 nitrogen and oxygen atoms in total. The highest BCUT2D eigenvalue weighted by Gasteiger charge is 2.12. The zero-order valence-electron chi connectivity index (χ0n) is 10.6. The summed E-state index contributed by atoms with van der Waals surface area (Å²) in [7, 11) is 0. The number of fused-ring (bicyclic) bond motifs is 1. The van der Waals surface area contributed by atoms with E-state index >= 15 is 0 Å². The maximum absolute atomic E-state index is 10.2. The third kappa shape index (κ3) is 1.31. The van der Waals surface area contributed by atoms with Crippen LogP contribution in [-0.2, 0) is 0 Å². The van der Waals surface area contributed by atoms with Crippen molar-refractivity contribution < 1.29 is 5.11 Å². The molecule has 0 aliphatic carbocycles. The number of hydrogen-bond acceptors (Lipinski definition) is 1. The Bertz CT molecular complexity index is 580. The molecule has 1 heteroatoms. The fourth-order valence-corrected chi connectivity index (χ4v) is 2.34. The molecule has 0 spiro atoms. The fourth-order valence-electron chi connectivity index (χ4n) is 2.34. The number of phenols is 1. The topological polar surface area (TPSA) is 20.2 Å². The van der Waals surface area contributed by atoms with E-state index < -0.39 is 0 Å². The van der Waals surface area contributed by atoms with Crippen LogP contribution in [0.4, 0.5) is 0 Å². The minimum Gasteiger partial charge on any atom is -0.507 e. The van der Waals surface area contributed by atoms with Gasteiger partial charge in [-0.15, -0.1) is 0 Å². The first-order valence-corrected chi connectivity index (χ1v) is 5.63. The van der Waals surface area contributed by atoms with Crippen molar-refractivity contribution in [3.63, 3.8) is 0 Å². The van der Waals surface area contributed by atoms with Crippen LogP contribution in [0.1, 0.15) is 27.8 Å². The van der Waals surface area contributed by atoms with Gasteiger partial charge >= 0.3 is 0 Å². The van der Waals surface area contributed by atoms with Crippen molar-refractivity contribution in [2.75, 3.05) is 0 Å². The molecule has 0 amide bonds. The number of rotatable bonds is 0. The van der Waals surface area contributed by atoms with Crippen LogP contribution in [0, 0.1) is 34.6 Å². The summed E-state index contributed by atoms with van der Waals surface area (Å²) in [5.74, 6) is 0.432. The zero-order valence-corrected chi connectivity index (χ0v) is 10.6. The number of aromatic hydroxyl groups is 1. The second-order valence-electron chi connectivity index (χ2n) is 4.65. The maximum atomic E-state index is 10.2. The minimum atomic E-state index is 0.432. The summed E-state index contributed by atoms with van der Waals surface area (Å²) in [6.07, 6.45) is 0. The number of benzene rings is 2. The Labute approximate surface area is 96.7 Å². The van der Waals surface area contributed by atoms with Gasteiger partial charge in [-0.3, -0.25) is 0 Å². The van der Waals surface area contributed by atoms with Gasteiger partial charge in [-0.05, 0) is 67.8 Å². The largest absolute Gasteiger partial charge is 0.507 e. The molecule has 2 aromatic carbocycles. The van der Waals surface area contributed by atoms with Gasteiger partial charge < -0.3 is 5.11 Å². The zero-order chi connectivity index (χ0) is 12.0. The lowest BCUT2D eigenvalue weighted by Gasteiger charge is -2.15. The summed E-state index contributed by atoms with van der Waals surface area (Å²) >= 11 is 0. The van der Waals surface area contributed by atoms with Crippen molar-refractivity contribution >= 4 is 10.8 Å². The van der Waals surface area contributed by atoms with Crippen molar-refractivity contribution in [1.29, 1.82) is 0 Å². The van der Waals surface area contributed by atoms with Crippen molar-refractivity contribution in [2.45, 2.75) is 34.6 Å². The molecule has 0 aliphatic heterocycles. The van der Waals surface area contributed by atoms with Gasteiger partial charge in [-0.1, -0.05) is 12.1 Å². The van der Waals surface area contributed by atoms with E-state index in [0.29, 0.717) is 5.75 Å². The summed E-state index contributed by atoms with van der Waals surface area (Å²) in [6, 6.07) is 4.10. The third-order valence-corrected chi connectivity index (χ3v) is 3.85. The van der Waals surface area contributed by atoms with E-state index in [1.807, 2.05) is 13.0 Å². The first-order chi connectivity index (χ1) is 7.45. The predicted octanol–water partition coefficient (Wildman–Crippen LogP) is 4.09. The average Bonchev–Trinajstić information content (AvgIpc) is 2.27. The number of aryl methyl sites for hydroxylation is 3. The Morgan fingerprint density at radius 3 is 1.94 bits per heavy atom. The van der Waals surface area contributed by atoms with E-state index in [0.717, 1.165) is 10.9 Å². The molecule has 0 saturated heterocycles. The lowest BCUT2D eigenvalue weighted by molar-refractivity contribution is 0.477. The van der Waals surface area contributed by atoms with Crippen LogP contribution in [0.25, 0.3) is 10.8 Å². The van der Waals surface area contributed by atoms with Crippen molar-refractivity contribution in [2.24, 2.45) is 0 Å². The van der Waals surface area contributed by atoms with E-state index in [-0.39, 0.29) is 0 Å². The Balaban J connectivity index is 3.09. The molecular weight excluding hydrogens is 196 g/mol. The van der Waals surface area contributed by atoms with Crippen LogP contribution in [0.2, 0.25) is 0 Å². The van der Waals surface area contributed by atoms with Gasteiger partial charge in [-0.2, -0.15) is 0 Å². The minimum absolute atomic E-state index is 0.432. The summed E-state index contributed by atoms with van der Waals surface area (Å²) in [5.41, 5.74) is 6.02. The van der Waals surface area contributed by atoms with E-state index in [1.165, 1.54) is 27.6 Å². The van der Waals surface area contributed by atoms with Gasteiger partial charge in [0.05, 0.1) is 0 Å². The quantitative estimate of drug-likeness (QED) is 0.700. The first-order valence-electron chi connectivity index (χ1n) is 5.63. The van der Waals surface area contributed by atoms with Crippen molar-refractivity contribution in [3.05, 3.63) is 39.9 Å². The Hall–Kier alpha value is -1.50. The average molecular weight is 214 g/mol. The van der Waals surface area contributed by atoms with Crippen LogP contribution in [0.3, 0.4) is 0 Å². The normalized spacial score (nSPS) is 11.1. The molecule has 0 saturated carbocycles. The molecule has 0 aliphatic rings. The molecule has 84 valence electrons. The highest BCUT2D eigenvalue weighted by Crippen LogP contribution is 2.36. The second kappa shape index (κ2) is 3.51. The lowest BCUT2D eigenvalue weighted by atomic mass is 9.90. The molecule has 0 atom stereocenters. The van der Waals surface area contributed by atoms with E-state index in [4.69, 9.17) is 0 Å². The molecule has 16 heavy (non-hydrogen) atoms. The van der Waals surface area contributed by atoms with E-state index in [1.54, 1.807) is 0 Å². The molecular formula is C15H18O.